The summed E-state index contributed by atoms with van der Waals surface area (Å²) in [7, 11) is 3.60. The molecule has 0 radical (unpaired) electrons. The van der Waals surface area contributed by atoms with Gasteiger partial charge in [-0.15, -0.1) is 0 Å². The van der Waals surface area contributed by atoms with E-state index in [4.69, 9.17) is 9.47 Å². The predicted octanol–water partition coefficient (Wildman–Crippen LogP) is 1.67. The molecule has 2 rings (SSSR count). The van der Waals surface area contributed by atoms with Crippen molar-refractivity contribution in [2.75, 3.05) is 73.2 Å². The number of ether oxygens (including phenoxy) is 2. The number of nitrogens with zero attached hydrogens (tertiary/aromatic N) is 3. The molecule has 2 heterocycles. The highest BCUT2D eigenvalue weighted by atomic mass is 16.5. The van der Waals surface area contributed by atoms with Crippen LogP contribution in [-0.2, 0) is 9.47 Å². The normalized spacial score (nSPS) is 23.4. The summed E-state index contributed by atoms with van der Waals surface area (Å²) in [6.45, 7) is 11.4. The van der Waals surface area contributed by atoms with Crippen LogP contribution < -0.4 is 5.32 Å². The first-order valence-corrected chi connectivity index (χ1v) is 9.97. The highest BCUT2D eigenvalue weighted by molar-refractivity contribution is 5.80. The van der Waals surface area contributed by atoms with Gasteiger partial charge < -0.3 is 24.6 Å². The molecule has 0 aromatic carbocycles. The first kappa shape index (κ1) is 20.5. The fourth-order valence-corrected chi connectivity index (χ4v) is 3.67. The SMILES string of the molecule is CN=C(NCCCN1CCC(C)CC1)N1CCC(COCCOC)C1. The molecule has 0 aromatic heterocycles. The van der Waals surface area contributed by atoms with Crippen LogP contribution >= 0.6 is 0 Å². The zero-order valence-corrected chi connectivity index (χ0v) is 16.5. The first-order chi connectivity index (χ1) is 12.2. The summed E-state index contributed by atoms with van der Waals surface area (Å²) in [5.74, 6) is 2.56. The Labute approximate surface area is 153 Å². The minimum absolute atomic E-state index is 0.603. The van der Waals surface area contributed by atoms with Crippen LogP contribution in [0, 0.1) is 11.8 Å². The summed E-state index contributed by atoms with van der Waals surface area (Å²) in [4.78, 5) is 9.44. The van der Waals surface area contributed by atoms with E-state index in [1.54, 1.807) is 7.11 Å². The minimum Gasteiger partial charge on any atom is -0.382 e. The molecule has 0 bridgehead atoms. The van der Waals surface area contributed by atoms with Gasteiger partial charge in [0.15, 0.2) is 5.96 Å². The van der Waals surface area contributed by atoms with Crippen molar-refractivity contribution in [3.8, 4) is 0 Å². The quantitative estimate of drug-likeness (QED) is 0.388. The van der Waals surface area contributed by atoms with E-state index in [1.165, 1.54) is 45.3 Å². The van der Waals surface area contributed by atoms with Gasteiger partial charge in [-0.2, -0.15) is 0 Å². The van der Waals surface area contributed by atoms with Crippen LogP contribution in [0.5, 0.6) is 0 Å². The van der Waals surface area contributed by atoms with Gasteiger partial charge in [-0.1, -0.05) is 6.92 Å². The van der Waals surface area contributed by atoms with Crippen LogP contribution in [0.25, 0.3) is 0 Å². The zero-order valence-electron chi connectivity index (χ0n) is 16.5. The number of likely N-dealkylation sites (tertiary alicyclic amines) is 2. The summed E-state index contributed by atoms with van der Waals surface area (Å²) in [6, 6.07) is 0. The number of rotatable bonds is 9. The topological polar surface area (TPSA) is 49.3 Å². The molecule has 2 aliphatic heterocycles. The lowest BCUT2D eigenvalue weighted by atomic mass is 9.99. The van der Waals surface area contributed by atoms with E-state index in [-0.39, 0.29) is 0 Å². The molecule has 2 aliphatic rings. The summed E-state index contributed by atoms with van der Waals surface area (Å²) >= 11 is 0. The summed E-state index contributed by atoms with van der Waals surface area (Å²) in [5, 5.41) is 3.55. The van der Waals surface area contributed by atoms with Crippen molar-refractivity contribution in [3.05, 3.63) is 0 Å². The largest absolute Gasteiger partial charge is 0.382 e. The zero-order chi connectivity index (χ0) is 17.9. The lowest BCUT2D eigenvalue weighted by Crippen LogP contribution is -2.41. The van der Waals surface area contributed by atoms with Crippen LogP contribution in [0.3, 0.4) is 0 Å². The van der Waals surface area contributed by atoms with Crippen molar-refractivity contribution in [1.29, 1.82) is 0 Å². The number of piperidine rings is 1. The van der Waals surface area contributed by atoms with Crippen LogP contribution in [0.15, 0.2) is 4.99 Å². The maximum absolute atomic E-state index is 5.68. The highest BCUT2D eigenvalue weighted by Crippen LogP contribution is 2.17. The number of aliphatic imine (C=N–C) groups is 1. The Hall–Kier alpha value is -0.850. The predicted molar refractivity (Wildman–Crippen MR) is 103 cm³/mol. The maximum Gasteiger partial charge on any atom is 0.193 e. The van der Waals surface area contributed by atoms with E-state index in [0.29, 0.717) is 19.1 Å². The maximum atomic E-state index is 5.68. The number of nitrogens with one attached hydrogen (secondary N) is 1. The van der Waals surface area contributed by atoms with Crippen LogP contribution in [-0.4, -0.2) is 89.0 Å². The molecule has 0 amide bonds. The van der Waals surface area contributed by atoms with Gasteiger partial charge in [-0.05, 0) is 51.2 Å². The molecule has 25 heavy (non-hydrogen) atoms. The highest BCUT2D eigenvalue weighted by Gasteiger charge is 2.24. The molecule has 1 atom stereocenters. The number of hydrogen-bond acceptors (Lipinski definition) is 4. The molecule has 0 aromatic rings. The molecule has 6 nitrogen and oxygen atoms in total. The Morgan fingerprint density at radius 1 is 1.16 bits per heavy atom. The second-order valence-corrected chi connectivity index (χ2v) is 7.52. The van der Waals surface area contributed by atoms with Gasteiger partial charge in [0.2, 0.25) is 0 Å². The molecule has 2 fully saturated rings. The summed E-state index contributed by atoms with van der Waals surface area (Å²) in [5.41, 5.74) is 0. The third kappa shape index (κ3) is 7.50. The van der Waals surface area contributed by atoms with Gasteiger partial charge in [0.1, 0.15) is 0 Å². The van der Waals surface area contributed by atoms with E-state index in [1.807, 2.05) is 7.05 Å². The van der Waals surface area contributed by atoms with Crippen molar-refractivity contribution >= 4 is 5.96 Å². The standard InChI is InChI=1S/C19H38N4O2/c1-17-5-10-22(11-6-17)9-4-8-21-19(20-2)23-12-7-18(15-23)16-25-14-13-24-3/h17-18H,4-16H2,1-3H3,(H,20,21). The number of hydrogen-bond donors (Lipinski definition) is 1. The monoisotopic (exact) mass is 354 g/mol. The van der Waals surface area contributed by atoms with E-state index in [2.05, 4.69) is 27.0 Å². The van der Waals surface area contributed by atoms with Crippen molar-refractivity contribution in [2.24, 2.45) is 16.8 Å². The summed E-state index contributed by atoms with van der Waals surface area (Å²) < 4.78 is 10.7. The Bertz CT molecular complexity index is 384. The first-order valence-electron chi connectivity index (χ1n) is 9.97. The van der Waals surface area contributed by atoms with Gasteiger partial charge in [0, 0.05) is 39.7 Å². The van der Waals surface area contributed by atoms with Gasteiger partial charge in [0.25, 0.3) is 0 Å². The smallest absolute Gasteiger partial charge is 0.193 e. The van der Waals surface area contributed by atoms with E-state index < -0.39 is 0 Å². The van der Waals surface area contributed by atoms with Crippen molar-refractivity contribution in [2.45, 2.75) is 32.6 Å². The summed E-state index contributed by atoms with van der Waals surface area (Å²) in [6.07, 6.45) is 5.08. The molecule has 2 saturated heterocycles. The van der Waals surface area contributed by atoms with Crippen LogP contribution in [0.1, 0.15) is 32.6 Å². The average molecular weight is 355 g/mol. The fraction of sp³-hybridized carbons (Fsp3) is 0.947. The van der Waals surface area contributed by atoms with Crippen molar-refractivity contribution in [3.63, 3.8) is 0 Å². The van der Waals surface area contributed by atoms with E-state index in [9.17, 15) is 0 Å². The second-order valence-electron chi connectivity index (χ2n) is 7.52. The molecule has 6 heteroatoms. The third-order valence-corrected chi connectivity index (χ3v) is 5.39. The molecule has 1 N–H and O–H groups in total. The number of guanidine groups is 1. The Morgan fingerprint density at radius 3 is 2.68 bits per heavy atom. The van der Waals surface area contributed by atoms with Crippen molar-refractivity contribution < 1.29 is 9.47 Å². The second kappa shape index (κ2) is 11.7. The molecule has 0 spiro atoms. The lowest BCUT2D eigenvalue weighted by molar-refractivity contribution is 0.0536. The number of methoxy groups -OCH3 is 1. The Kier molecular flexibility index (Phi) is 9.58. The molecule has 146 valence electrons. The van der Waals surface area contributed by atoms with E-state index in [0.717, 1.165) is 38.1 Å². The van der Waals surface area contributed by atoms with Gasteiger partial charge in [0.05, 0.1) is 19.8 Å². The molecular formula is C19H38N4O2. The van der Waals surface area contributed by atoms with Crippen LogP contribution in [0.2, 0.25) is 0 Å². The molecule has 1 unspecified atom stereocenters. The van der Waals surface area contributed by atoms with Gasteiger partial charge in [-0.3, -0.25) is 4.99 Å². The van der Waals surface area contributed by atoms with Crippen LogP contribution in [0.4, 0.5) is 0 Å². The third-order valence-electron chi connectivity index (χ3n) is 5.39. The molecule has 0 saturated carbocycles. The Morgan fingerprint density at radius 2 is 1.96 bits per heavy atom. The molecular weight excluding hydrogens is 316 g/mol. The van der Waals surface area contributed by atoms with Crippen molar-refractivity contribution in [1.82, 2.24) is 15.1 Å². The van der Waals surface area contributed by atoms with Gasteiger partial charge in [-0.25, -0.2) is 0 Å². The fourth-order valence-electron chi connectivity index (χ4n) is 3.67. The molecule has 0 aliphatic carbocycles. The van der Waals surface area contributed by atoms with Gasteiger partial charge >= 0.3 is 0 Å². The lowest BCUT2D eigenvalue weighted by Gasteiger charge is -2.30. The average Bonchev–Trinajstić information content (AvgIpc) is 3.09. The van der Waals surface area contributed by atoms with E-state index >= 15 is 0 Å². The minimum atomic E-state index is 0.603. The Balaban J connectivity index is 1.57.